The van der Waals surface area contributed by atoms with Crippen LogP contribution in [0.3, 0.4) is 0 Å². The van der Waals surface area contributed by atoms with Crippen LogP contribution in [0.5, 0.6) is 0 Å². The van der Waals surface area contributed by atoms with Crippen molar-refractivity contribution in [3.8, 4) is 0 Å². The molecular formula is C18H16N2O3. The first-order valence-corrected chi connectivity index (χ1v) is 7.34. The van der Waals surface area contributed by atoms with Crippen molar-refractivity contribution in [3.63, 3.8) is 0 Å². The van der Waals surface area contributed by atoms with Crippen LogP contribution in [0.4, 0.5) is 0 Å². The Morgan fingerprint density at radius 2 is 1.83 bits per heavy atom. The molecule has 5 heteroatoms. The second-order valence-electron chi connectivity index (χ2n) is 5.21. The van der Waals surface area contributed by atoms with Gasteiger partial charge in [-0.05, 0) is 24.6 Å². The molecule has 0 saturated heterocycles. The van der Waals surface area contributed by atoms with Crippen molar-refractivity contribution in [2.75, 3.05) is 0 Å². The summed E-state index contributed by atoms with van der Waals surface area (Å²) in [6.45, 7) is 1.67. The molecule has 1 heterocycles. The molecule has 5 nitrogen and oxygen atoms in total. The smallest absolute Gasteiger partial charge is 0.326 e. The summed E-state index contributed by atoms with van der Waals surface area (Å²) in [6, 6.07) is 16.7. The Labute approximate surface area is 133 Å². The van der Waals surface area contributed by atoms with Gasteiger partial charge >= 0.3 is 5.97 Å². The lowest BCUT2D eigenvalue weighted by atomic mass is 10.1. The summed E-state index contributed by atoms with van der Waals surface area (Å²) in [4.78, 5) is 28.3. The van der Waals surface area contributed by atoms with E-state index in [9.17, 15) is 9.59 Å². The number of nitrogens with zero attached hydrogens (tertiary/aromatic N) is 2. The van der Waals surface area contributed by atoms with Gasteiger partial charge in [0.1, 0.15) is 12.6 Å². The van der Waals surface area contributed by atoms with E-state index in [1.165, 1.54) is 10.8 Å². The van der Waals surface area contributed by atoms with E-state index in [-0.39, 0.29) is 18.2 Å². The molecule has 0 radical (unpaired) electrons. The number of carbonyl (C=O) groups is 1. The second kappa shape index (κ2) is 6.44. The van der Waals surface area contributed by atoms with Crippen LogP contribution in [0.1, 0.15) is 18.6 Å². The number of hydrogen-bond acceptors (Lipinski definition) is 4. The Balaban J connectivity index is 1.81. The molecule has 0 amide bonds. The Hall–Kier alpha value is -2.95. The van der Waals surface area contributed by atoms with Crippen molar-refractivity contribution in [3.05, 3.63) is 76.7 Å². The van der Waals surface area contributed by atoms with Gasteiger partial charge in [0.05, 0.1) is 17.2 Å². The fraction of sp³-hybridized carbons (Fsp3) is 0.167. The van der Waals surface area contributed by atoms with E-state index in [1.807, 2.05) is 36.4 Å². The highest BCUT2D eigenvalue weighted by Crippen LogP contribution is 2.16. The number of fused-ring (bicyclic) bond motifs is 1. The molecule has 0 aliphatic rings. The van der Waals surface area contributed by atoms with Gasteiger partial charge in [0.2, 0.25) is 0 Å². The Bertz CT molecular complexity index is 887. The number of aromatic nitrogens is 2. The molecule has 0 spiro atoms. The van der Waals surface area contributed by atoms with Gasteiger partial charge in [-0.3, -0.25) is 14.2 Å². The summed E-state index contributed by atoms with van der Waals surface area (Å²) in [6.07, 6.45) is 0.850. The molecule has 0 aliphatic heterocycles. The minimum Gasteiger partial charge on any atom is -0.456 e. The molecule has 23 heavy (non-hydrogen) atoms. The molecular weight excluding hydrogens is 292 g/mol. The van der Waals surface area contributed by atoms with Crippen molar-refractivity contribution in [2.24, 2.45) is 0 Å². The summed E-state index contributed by atoms with van der Waals surface area (Å²) in [5, 5.41) is 0. The van der Waals surface area contributed by atoms with Crippen LogP contribution < -0.4 is 5.56 Å². The highest BCUT2D eigenvalue weighted by atomic mass is 16.5. The zero-order valence-electron chi connectivity index (χ0n) is 12.7. The Morgan fingerprint density at radius 3 is 2.61 bits per heavy atom. The van der Waals surface area contributed by atoms with Crippen LogP contribution in [-0.2, 0) is 16.1 Å². The van der Waals surface area contributed by atoms with E-state index >= 15 is 0 Å². The number of esters is 1. The molecule has 1 atom stereocenters. The Morgan fingerprint density at radius 1 is 1.13 bits per heavy atom. The molecule has 0 bridgehead atoms. The topological polar surface area (TPSA) is 61.2 Å². The third-order valence-electron chi connectivity index (χ3n) is 3.62. The highest BCUT2D eigenvalue weighted by molar-refractivity contribution is 5.77. The van der Waals surface area contributed by atoms with E-state index < -0.39 is 5.97 Å². The highest BCUT2D eigenvalue weighted by Gasteiger charge is 2.14. The van der Waals surface area contributed by atoms with E-state index in [0.29, 0.717) is 11.0 Å². The number of rotatable bonds is 4. The predicted octanol–water partition coefficient (Wildman–Crippen LogP) is 2.70. The first-order chi connectivity index (χ1) is 11.1. The lowest BCUT2D eigenvalue weighted by Gasteiger charge is -2.15. The standard InChI is InChI=1S/C18H16N2O3/c1-13(14-7-3-2-4-8-14)23-18(22)12-20-16-10-6-5-9-15(16)19-11-17(20)21/h2-11,13H,12H2,1H3. The number of carbonyl (C=O) groups excluding carboxylic acids is 1. The van der Waals surface area contributed by atoms with Crippen molar-refractivity contribution < 1.29 is 9.53 Å². The van der Waals surface area contributed by atoms with Gasteiger partial charge in [-0.25, -0.2) is 4.98 Å². The van der Waals surface area contributed by atoms with E-state index in [0.717, 1.165) is 5.56 Å². The number of hydrogen-bond donors (Lipinski definition) is 0. The maximum Gasteiger partial charge on any atom is 0.326 e. The quantitative estimate of drug-likeness (QED) is 0.695. The molecule has 2 aromatic carbocycles. The summed E-state index contributed by atoms with van der Waals surface area (Å²) in [5.74, 6) is -0.459. The van der Waals surface area contributed by atoms with Gasteiger partial charge in [-0.2, -0.15) is 0 Å². The molecule has 0 aliphatic carbocycles. The average Bonchev–Trinajstić information content (AvgIpc) is 2.58. The largest absolute Gasteiger partial charge is 0.456 e. The fourth-order valence-electron chi connectivity index (χ4n) is 2.43. The lowest BCUT2D eigenvalue weighted by Crippen LogP contribution is -2.26. The summed E-state index contributed by atoms with van der Waals surface area (Å²) >= 11 is 0. The van der Waals surface area contributed by atoms with Gasteiger partial charge < -0.3 is 4.74 Å². The molecule has 1 unspecified atom stereocenters. The van der Waals surface area contributed by atoms with Crippen molar-refractivity contribution in [1.82, 2.24) is 9.55 Å². The third-order valence-corrected chi connectivity index (χ3v) is 3.62. The van der Waals surface area contributed by atoms with E-state index in [4.69, 9.17) is 4.74 Å². The maximum absolute atomic E-state index is 12.2. The normalized spacial score (nSPS) is 12.0. The van der Waals surface area contributed by atoms with Crippen LogP contribution in [0.15, 0.2) is 65.6 Å². The average molecular weight is 308 g/mol. The number of para-hydroxylation sites is 2. The van der Waals surface area contributed by atoms with Crippen LogP contribution in [0.2, 0.25) is 0 Å². The van der Waals surface area contributed by atoms with Gasteiger partial charge in [0.25, 0.3) is 5.56 Å². The Kier molecular flexibility index (Phi) is 4.19. The SMILES string of the molecule is CC(OC(=O)Cn1c(=O)cnc2ccccc21)c1ccccc1. The number of ether oxygens (including phenoxy) is 1. The van der Waals surface area contributed by atoms with Crippen LogP contribution in [0, 0.1) is 0 Å². The summed E-state index contributed by atoms with van der Waals surface area (Å²) < 4.78 is 6.80. The maximum atomic E-state index is 12.2. The molecule has 3 aromatic rings. The summed E-state index contributed by atoms with van der Waals surface area (Å²) in [5.41, 5.74) is 1.86. The molecule has 1 aromatic heterocycles. The zero-order chi connectivity index (χ0) is 16.2. The van der Waals surface area contributed by atoms with Gasteiger partial charge in [0, 0.05) is 0 Å². The van der Waals surface area contributed by atoms with Crippen molar-refractivity contribution in [1.29, 1.82) is 0 Å². The van der Waals surface area contributed by atoms with Crippen molar-refractivity contribution >= 4 is 17.0 Å². The monoisotopic (exact) mass is 308 g/mol. The zero-order valence-corrected chi connectivity index (χ0v) is 12.7. The number of benzene rings is 2. The second-order valence-corrected chi connectivity index (χ2v) is 5.21. The molecule has 0 N–H and O–H groups in total. The molecule has 116 valence electrons. The lowest BCUT2D eigenvalue weighted by molar-refractivity contribution is -0.149. The van der Waals surface area contributed by atoms with Crippen LogP contribution in [-0.4, -0.2) is 15.5 Å². The molecule has 3 rings (SSSR count). The molecule has 0 saturated carbocycles. The predicted molar refractivity (Wildman–Crippen MR) is 87.0 cm³/mol. The first kappa shape index (κ1) is 15.0. The summed E-state index contributed by atoms with van der Waals surface area (Å²) in [7, 11) is 0. The van der Waals surface area contributed by atoms with Gasteiger partial charge in [-0.15, -0.1) is 0 Å². The van der Waals surface area contributed by atoms with Crippen molar-refractivity contribution in [2.45, 2.75) is 19.6 Å². The van der Waals surface area contributed by atoms with E-state index in [1.54, 1.807) is 25.1 Å². The van der Waals surface area contributed by atoms with E-state index in [2.05, 4.69) is 4.98 Å². The van der Waals surface area contributed by atoms with Crippen LogP contribution in [0.25, 0.3) is 11.0 Å². The third kappa shape index (κ3) is 3.29. The molecule has 0 fully saturated rings. The fourth-order valence-corrected chi connectivity index (χ4v) is 2.43. The first-order valence-electron chi connectivity index (χ1n) is 7.34. The van der Waals surface area contributed by atoms with Gasteiger partial charge in [-0.1, -0.05) is 42.5 Å². The van der Waals surface area contributed by atoms with Gasteiger partial charge in [0.15, 0.2) is 0 Å². The minimum atomic E-state index is -0.459. The van der Waals surface area contributed by atoms with Crippen LogP contribution >= 0.6 is 0 Å². The minimum absolute atomic E-state index is 0.140.